The molecular formula is C14H14BrNO2. The molecule has 1 aromatic rings. The van der Waals surface area contributed by atoms with Crippen molar-refractivity contribution in [3.8, 4) is 6.07 Å². The Morgan fingerprint density at radius 1 is 1.33 bits per heavy atom. The summed E-state index contributed by atoms with van der Waals surface area (Å²) in [4.78, 5) is 10.9. The van der Waals surface area contributed by atoms with Gasteiger partial charge in [0, 0.05) is 4.47 Å². The van der Waals surface area contributed by atoms with Crippen molar-refractivity contribution in [1.82, 2.24) is 0 Å². The molecule has 0 atom stereocenters. The summed E-state index contributed by atoms with van der Waals surface area (Å²) in [5, 5.41) is 18.5. The van der Waals surface area contributed by atoms with Gasteiger partial charge in [0.15, 0.2) is 0 Å². The van der Waals surface area contributed by atoms with Crippen LogP contribution in [0.1, 0.15) is 31.2 Å². The first-order valence-corrected chi connectivity index (χ1v) is 6.77. The average molecular weight is 308 g/mol. The molecule has 0 saturated heterocycles. The molecule has 2 rings (SSSR count). The highest BCUT2D eigenvalue weighted by Crippen LogP contribution is 2.41. The maximum atomic E-state index is 10.9. The van der Waals surface area contributed by atoms with Crippen LogP contribution in [0, 0.1) is 17.2 Å². The van der Waals surface area contributed by atoms with Crippen molar-refractivity contribution in [2.24, 2.45) is 5.92 Å². The molecule has 1 aliphatic rings. The summed E-state index contributed by atoms with van der Waals surface area (Å²) in [7, 11) is 0. The number of hydrogen-bond acceptors (Lipinski definition) is 2. The van der Waals surface area contributed by atoms with Gasteiger partial charge in [0.05, 0.1) is 17.4 Å². The zero-order chi connectivity index (χ0) is 13.2. The minimum atomic E-state index is -0.739. The number of aliphatic carboxylic acids is 1. The molecule has 94 valence electrons. The van der Waals surface area contributed by atoms with E-state index in [1.807, 2.05) is 24.3 Å². The van der Waals surface area contributed by atoms with Gasteiger partial charge in [-0.05, 0) is 43.4 Å². The first kappa shape index (κ1) is 13.1. The molecule has 1 aromatic carbocycles. The molecule has 1 N–H and O–H groups in total. The van der Waals surface area contributed by atoms with Crippen LogP contribution in [-0.4, -0.2) is 11.1 Å². The Bertz CT molecular complexity index is 482. The maximum Gasteiger partial charge on any atom is 0.306 e. The van der Waals surface area contributed by atoms with Crippen LogP contribution in [0.2, 0.25) is 0 Å². The van der Waals surface area contributed by atoms with Crippen molar-refractivity contribution in [1.29, 1.82) is 5.26 Å². The minimum absolute atomic E-state index is 0.290. The van der Waals surface area contributed by atoms with Crippen LogP contribution in [0.15, 0.2) is 28.7 Å². The normalized spacial score (nSPS) is 27.4. The van der Waals surface area contributed by atoms with E-state index in [2.05, 4.69) is 22.0 Å². The predicted octanol–water partition coefficient (Wildman–Crippen LogP) is 3.49. The molecule has 4 heteroatoms. The quantitative estimate of drug-likeness (QED) is 0.910. The summed E-state index contributed by atoms with van der Waals surface area (Å²) in [5.41, 5.74) is 0.490. The third-order valence-corrected chi connectivity index (χ3v) is 4.33. The smallest absolute Gasteiger partial charge is 0.306 e. The fourth-order valence-corrected chi connectivity index (χ4v) is 2.86. The number of hydrogen-bond donors (Lipinski definition) is 1. The van der Waals surface area contributed by atoms with Crippen molar-refractivity contribution in [3.05, 3.63) is 34.3 Å². The van der Waals surface area contributed by atoms with Gasteiger partial charge in [-0.15, -0.1) is 0 Å². The van der Waals surface area contributed by atoms with Crippen LogP contribution in [0.5, 0.6) is 0 Å². The van der Waals surface area contributed by atoms with Crippen LogP contribution in [-0.2, 0) is 10.2 Å². The number of nitriles is 1. The standard InChI is InChI=1S/C14H14BrNO2/c15-12-3-1-11(2-4-12)14(9-16)7-5-10(6-8-14)13(17)18/h1-4,10H,5-8H2,(H,17,18). The molecule has 0 unspecified atom stereocenters. The van der Waals surface area contributed by atoms with E-state index in [0.717, 1.165) is 10.0 Å². The van der Waals surface area contributed by atoms with Crippen molar-refractivity contribution in [2.45, 2.75) is 31.1 Å². The Balaban J connectivity index is 2.22. The van der Waals surface area contributed by atoms with Crippen LogP contribution >= 0.6 is 15.9 Å². The van der Waals surface area contributed by atoms with Crippen LogP contribution in [0.3, 0.4) is 0 Å². The summed E-state index contributed by atoms with van der Waals surface area (Å²) in [6.45, 7) is 0. The number of halogens is 1. The lowest BCUT2D eigenvalue weighted by Gasteiger charge is -2.33. The zero-order valence-corrected chi connectivity index (χ0v) is 11.5. The van der Waals surface area contributed by atoms with Gasteiger partial charge >= 0.3 is 5.97 Å². The zero-order valence-electron chi connectivity index (χ0n) is 9.90. The van der Waals surface area contributed by atoms with Gasteiger partial charge in [0.25, 0.3) is 0 Å². The van der Waals surface area contributed by atoms with Gasteiger partial charge in [0.1, 0.15) is 0 Å². The fourth-order valence-electron chi connectivity index (χ4n) is 2.59. The molecule has 1 fully saturated rings. The van der Waals surface area contributed by atoms with Crippen molar-refractivity contribution in [2.75, 3.05) is 0 Å². The molecule has 0 radical (unpaired) electrons. The average Bonchev–Trinajstić information content (AvgIpc) is 2.39. The summed E-state index contributed by atoms with van der Waals surface area (Å²) < 4.78 is 0.985. The monoisotopic (exact) mass is 307 g/mol. The van der Waals surface area contributed by atoms with E-state index in [0.29, 0.717) is 25.7 Å². The summed E-state index contributed by atoms with van der Waals surface area (Å²) in [5.74, 6) is -1.03. The highest BCUT2D eigenvalue weighted by molar-refractivity contribution is 9.10. The van der Waals surface area contributed by atoms with E-state index in [4.69, 9.17) is 5.11 Å². The Labute approximate surface area is 115 Å². The van der Waals surface area contributed by atoms with E-state index in [9.17, 15) is 10.1 Å². The highest BCUT2D eigenvalue weighted by Gasteiger charge is 2.38. The molecule has 0 heterocycles. The number of benzene rings is 1. The largest absolute Gasteiger partial charge is 0.481 e. The highest BCUT2D eigenvalue weighted by atomic mass is 79.9. The SMILES string of the molecule is N#CC1(c2ccc(Br)cc2)CCC(C(=O)O)CC1. The van der Waals surface area contributed by atoms with Gasteiger partial charge in [-0.3, -0.25) is 4.79 Å². The van der Waals surface area contributed by atoms with E-state index in [1.165, 1.54) is 0 Å². The van der Waals surface area contributed by atoms with Gasteiger partial charge in [-0.2, -0.15) is 5.26 Å². The molecule has 18 heavy (non-hydrogen) atoms. The first-order valence-electron chi connectivity index (χ1n) is 5.97. The Kier molecular flexibility index (Phi) is 3.72. The van der Waals surface area contributed by atoms with Crippen molar-refractivity contribution >= 4 is 21.9 Å². The number of carboxylic acid groups (broad SMARTS) is 1. The Morgan fingerprint density at radius 3 is 2.33 bits per heavy atom. The molecule has 1 saturated carbocycles. The number of rotatable bonds is 2. The van der Waals surface area contributed by atoms with Gasteiger partial charge in [-0.25, -0.2) is 0 Å². The molecule has 0 aliphatic heterocycles. The van der Waals surface area contributed by atoms with Crippen LogP contribution in [0.4, 0.5) is 0 Å². The Hall–Kier alpha value is -1.34. The van der Waals surface area contributed by atoms with Crippen molar-refractivity contribution < 1.29 is 9.90 Å². The maximum absolute atomic E-state index is 10.9. The van der Waals surface area contributed by atoms with E-state index in [-0.39, 0.29) is 5.92 Å². The Morgan fingerprint density at radius 2 is 1.89 bits per heavy atom. The molecule has 0 spiro atoms. The lowest BCUT2D eigenvalue weighted by Crippen LogP contribution is -2.32. The van der Waals surface area contributed by atoms with Gasteiger partial charge in [-0.1, -0.05) is 28.1 Å². The molecule has 0 bridgehead atoms. The van der Waals surface area contributed by atoms with Gasteiger partial charge in [0.2, 0.25) is 0 Å². The molecular weight excluding hydrogens is 294 g/mol. The summed E-state index contributed by atoms with van der Waals surface area (Å²) in [6.07, 6.45) is 2.42. The molecule has 0 amide bonds. The van der Waals surface area contributed by atoms with E-state index in [1.54, 1.807) is 0 Å². The number of carboxylic acids is 1. The number of carbonyl (C=O) groups is 1. The molecule has 0 aromatic heterocycles. The lowest BCUT2D eigenvalue weighted by molar-refractivity contribution is -0.143. The summed E-state index contributed by atoms with van der Waals surface area (Å²) in [6, 6.07) is 10.2. The second-order valence-electron chi connectivity index (χ2n) is 4.81. The second-order valence-corrected chi connectivity index (χ2v) is 5.73. The minimum Gasteiger partial charge on any atom is -0.481 e. The predicted molar refractivity (Wildman–Crippen MR) is 71.0 cm³/mol. The number of nitrogens with zero attached hydrogens (tertiary/aromatic N) is 1. The fraction of sp³-hybridized carbons (Fsp3) is 0.429. The third kappa shape index (κ3) is 2.41. The third-order valence-electron chi connectivity index (χ3n) is 3.80. The first-order chi connectivity index (χ1) is 8.57. The molecule has 1 aliphatic carbocycles. The van der Waals surface area contributed by atoms with Crippen LogP contribution in [0.25, 0.3) is 0 Å². The second kappa shape index (κ2) is 5.11. The topological polar surface area (TPSA) is 61.1 Å². The van der Waals surface area contributed by atoms with E-state index < -0.39 is 11.4 Å². The molecule has 3 nitrogen and oxygen atoms in total. The van der Waals surface area contributed by atoms with Crippen molar-refractivity contribution in [3.63, 3.8) is 0 Å². The van der Waals surface area contributed by atoms with Gasteiger partial charge < -0.3 is 5.11 Å². The van der Waals surface area contributed by atoms with Crippen LogP contribution < -0.4 is 0 Å². The summed E-state index contributed by atoms with van der Waals surface area (Å²) >= 11 is 3.38. The van der Waals surface area contributed by atoms with E-state index >= 15 is 0 Å². The lowest BCUT2D eigenvalue weighted by atomic mass is 9.67.